The van der Waals surface area contributed by atoms with Gasteiger partial charge in [0, 0.05) is 37.5 Å². The van der Waals surface area contributed by atoms with Crippen LogP contribution in [0.1, 0.15) is 55.4 Å². The van der Waals surface area contributed by atoms with Crippen LogP contribution in [-0.4, -0.2) is 58.0 Å². The van der Waals surface area contributed by atoms with Gasteiger partial charge < -0.3 is 19.9 Å². The van der Waals surface area contributed by atoms with Crippen LogP contribution in [0.4, 0.5) is 0 Å². The Hall–Kier alpha value is -2.22. The van der Waals surface area contributed by atoms with Gasteiger partial charge in [-0.2, -0.15) is 0 Å². The van der Waals surface area contributed by atoms with Gasteiger partial charge in [-0.1, -0.05) is 12.8 Å². The Balaban J connectivity index is 1.23. The lowest BCUT2D eigenvalue weighted by Gasteiger charge is -2.29. The number of likely N-dealkylation sites (tertiary alicyclic amines) is 1. The summed E-state index contributed by atoms with van der Waals surface area (Å²) < 4.78 is 6.37. The summed E-state index contributed by atoms with van der Waals surface area (Å²) in [5, 5.41) is 3.15. The quantitative estimate of drug-likeness (QED) is 0.770. The van der Waals surface area contributed by atoms with Gasteiger partial charge in [0.15, 0.2) is 0 Å². The van der Waals surface area contributed by atoms with Crippen LogP contribution in [0, 0.1) is 17.8 Å². The minimum atomic E-state index is -0.325. The Labute approximate surface area is 169 Å². The molecule has 4 atom stereocenters. The molecule has 4 fully saturated rings. The average molecular weight is 400 g/mol. The zero-order valence-corrected chi connectivity index (χ0v) is 16.6. The van der Waals surface area contributed by atoms with Gasteiger partial charge in [0.2, 0.25) is 5.91 Å². The maximum Gasteiger partial charge on any atom is 0.274 e. The molecule has 0 aromatic carbocycles. The predicted molar refractivity (Wildman–Crippen MR) is 104 cm³/mol. The Bertz CT molecular complexity index is 844. The second-order valence-corrected chi connectivity index (χ2v) is 9.17. The molecular formula is C21H28N4O4. The lowest BCUT2D eigenvalue weighted by atomic mass is 9.73. The van der Waals surface area contributed by atoms with Crippen molar-refractivity contribution in [3.8, 4) is 0 Å². The Morgan fingerprint density at radius 2 is 2.14 bits per heavy atom. The highest BCUT2D eigenvalue weighted by atomic mass is 16.5. The molecule has 3 aliphatic heterocycles. The topological polar surface area (TPSA) is 104 Å². The van der Waals surface area contributed by atoms with E-state index in [-0.39, 0.29) is 46.6 Å². The van der Waals surface area contributed by atoms with E-state index in [2.05, 4.69) is 15.3 Å². The lowest BCUT2D eigenvalue weighted by molar-refractivity contribution is -0.122. The average Bonchev–Trinajstić information content (AvgIpc) is 3.47. The van der Waals surface area contributed by atoms with Gasteiger partial charge in [0.25, 0.3) is 11.5 Å². The van der Waals surface area contributed by atoms with Crippen LogP contribution in [0.2, 0.25) is 0 Å². The first kappa shape index (κ1) is 18.8. The molecule has 1 saturated carbocycles. The van der Waals surface area contributed by atoms with Gasteiger partial charge in [0.1, 0.15) is 5.69 Å². The Morgan fingerprint density at radius 1 is 1.31 bits per heavy atom. The standard InChI is InChI=1S/C21H28N4O4/c26-18(7-13-3-1-2-4-13)23-8-14-15-11-25(12-21(15)6-5-17(14)29-21)20(28)16-9-24-19(27)10-22-16/h9-10,13-15,17H,1-8,11-12H2,(H,23,26)(H,24,27)/t14-,15+,17+,21+/m0/s1. The van der Waals surface area contributed by atoms with Crippen molar-refractivity contribution >= 4 is 11.8 Å². The number of nitrogens with one attached hydrogen (secondary N) is 2. The first-order chi connectivity index (χ1) is 14.0. The number of fused-ring (bicyclic) bond motifs is 1. The van der Waals surface area contributed by atoms with Gasteiger partial charge in [-0.3, -0.25) is 14.4 Å². The van der Waals surface area contributed by atoms with E-state index in [4.69, 9.17) is 4.74 Å². The normalized spacial score (nSPS) is 33.2. The summed E-state index contributed by atoms with van der Waals surface area (Å²) in [5.74, 6) is 0.998. The first-order valence-electron chi connectivity index (χ1n) is 10.8. The molecule has 1 aromatic heterocycles. The minimum Gasteiger partial charge on any atom is -0.369 e. The van der Waals surface area contributed by atoms with Crippen LogP contribution in [-0.2, 0) is 9.53 Å². The molecule has 2 amide bonds. The highest BCUT2D eigenvalue weighted by molar-refractivity contribution is 5.92. The van der Waals surface area contributed by atoms with Crippen LogP contribution in [0.25, 0.3) is 0 Å². The lowest BCUT2D eigenvalue weighted by Crippen LogP contribution is -2.42. The maximum atomic E-state index is 12.8. The molecule has 0 radical (unpaired) electrons. The number of amides is 2. The molecule has 8 nitrogen and oxygen atoms in total. The van der Waals surface area contributed by atoms with E-state index in [0.717, 1.165) is 19.0 Å². The zero-order valence-electron chi connectivity index (χ0n) is 16.6. The number of rotatable bonds is 5. The second kappa shape index (κ2) is 7.23. The molecule has 5 rings (SSSR count). The number of nitrogens with zero attached hydrogens (tertiary/aromatic N) is 2. The summed E-state index contributed by atoms with van der Waals surface area (Å²) in [6.45, 7) is 1.79. The number of aromatic nitrogens is 2. The molecule has 1 aliphatic carbocycles. The van der Waals surface area contributed by atoms with Crippen molar-refractivity contribution in [2.75, 3.05) is 19.6 Å². The SMILES string of the molecule is O=C(CC1CCCC1)NC[C@H]1[C@H]2CN(C(=O)c3c[nH]c(=O)cn3)C[C@]23CC[C@H]1O3. The van der Waals surface area contributed by atoms with E-state index in [1.807, 2.05) is 0 Å². The fourth-order valence-corrected chi connectivity index (χ4v) is 6.02. The Morgan fingerprint density at radius 3 is 2.90 bits per heavy atom. The van der Waals surface area contributed by atoms with E-state index < -0.39 is 0 Å². The molecule has 4 heterocycles. The van der Waals surface area contributed by atoms with E-state index in [9.17, 15) is 14.4 Å². The third kappa shape index (κ3) is 3.37. The van der Waals surface area contributed by atoms with Crippen molar-refractivity contribution in [3.05, 3.63) is 28.4 Å². The zero-order chi connectivity index (χ0) is 20.0. The van der Waals surface area contributed by atoms with Crippen LogP contribution >= 0.6 is 0 Å². The summed E-state index contributed by atoms with van der Waals surface area (Å²) in [4.78, 5) is 44.7. The molecule has 8 heteroatoms. The van der Waals surface area contributed by atoms with Gasteiger partial charge in [-0.05, 0) is 31.6 Å². The van der Waals surface area contributed by atoms with Crippen molar-refractivity contribution in [1.82, 2.24) is 20.2 Å². The van der Waals surface area contributed by atoms with Crippen LogP contribution in [0.3, 0.4) is 0 Å². The number of ether oxygens (including phenoxy) is 1. The summed E-state index contributed by atoms with van der Waals surface area (Å²) in [7, 11) is 0. The summed E-state index contributed by atoms with van der Waals surface area (Å²) in [6, 6.07) is 0. The van der Waals surface area contributed by atoms with E-state index in [0.29, 0.717) is 32.0 Å². The fraction of sp³-hybridized carbons (Fsp3) is 0.714. The highest BCUT2D eigenvalue weighted by Gasteiger charge is 2.63. The third-order valence-corrected chi connectivity index (χ3v) is 7.45. The first-order valence-corrected chi connectivity index (χ1v) is 10.8. The molecule has 3 saturated heterocycles. The number of aromatic amines is 1. The number of carbonyl (C=O) groups excluding carboxylic acids is 2. The van der Waals surface area contributed by atoms with Gasteiger partial charge in [0.05, 0.1) is 24.4 Å². The molecule has 4 aliphatic rings. The molecule has 2 N–H and O–H groups in total. The summed E-state index contributed by atoms with van der Waals surface area (Å²) in [6.07, 6.45) is 10.1. The third-order valence-electron chi connectivity index (χ3n) is 7.45. The monoisotopic (exact) mass is 400 g/mol. The van der Waals surface area contributed by atoms with Crippen LogP contribution in [0.15, 0.2) is 17.2 Å². The number of carbonyl (C=O) groups is 2. The molecular weight excluding hydrogens is 372 g/mol. The van der Waals surface area contributed by atoms with Crippen molar-refractivity contribution < 1.29 is 14.3 Å². The molecule has 1 spiro atoms. The Kier molecular flexibility index (Phi) is 4.69. The van der Waals surface area contributed by atoms with Gasteiger partial charge in [-0.25, -0.2) is 4.98 Å². The van der Waals surface area contributed by atoms with Crippen LogP contribution in [0.5, 0.6) is 0 Å². The summed E-state index contributed by atoms with van der Waals surface area (Å²) >= 11 is 0. The van der Waals surface area contributed by atoms with E-state index >= 15 is 0 Å². The van der Waals surface area contributed by atoms with Crippen molar-refractivity contribution in [2.24, 2.45) is 17.8 Å². The summed E-state index contributed by atoms with van der Waals surface area (Å²) in [5.41, 5.74) is -0.366. The molecule has 0 unspecified atom stereocenters. The van der Waals surface area contributed by atoms with E-state index in [1.54, 1.807) is 4.90 Å². The molecule has 2 bridgehead atoms. The van der Waals surface area contributed by atoms with Crippen molar-refractivity contribution in [1.29, 1.82) is 0 Å². The van der Waals surface area contributed by atoms with Crippen LogP contribution < -0.4 is 10.9 Å². The fourth-order valence-electron chi connectivity index (χ4n) is 6.02. The largest absolute Gasteiger partial charge is 0.369 e. The number of hydrogen-bond acceptors (Lipinski definition) is 5. The smallest absolute Gasteiger partial charge is 0.274 e. The molecule has 29 heavy (non-hydrogen) atoms. The van der Waals surface area contributed by atoms with Gasteiger partial charge in [-0.15, -0.1) is 0 Å². The second-order valence-electron chi connectivity index (χ2n) is 9.17. The minimum absolute atomic E-state index is 0.150. The highest BCUT2D eigenvalue weighted by Crippen LogP contribution is 2.54. The van der Waals surface area contributed by atoms with Gasteiger partial charge >= 0.3 is 0 Å². The number of hydrogen-bond donors (Lipinski definition) is 2. The maximum absolute atomic E-state index is 12.8. The van der Waals surface area contributed by atoms with Crippen molar-refractivity contribution in [3.63, 3.8) is 0 Å². The molecule has 1 aromatic rings. The van der Waals surface area contributed by atoms with Crippen molar-refractivity contribution in [2.45, 2.75) is 56.7 Å². The molecule has 156 valence electrons. The predicted octanol–water partition coefficient (Wildman–Crippen LogP) is 1.09. The number of H-pyrrole nitrogens is 1. The van der Waals surface area contributed by atoms with E-state index in [1.165, 1.54) is 31.9 Å².